The Morgan fingerprint density at radius 2 is 1.30 bits per heavy atom. The third-order valence-electron chi connectivity index (χ3n) is 4.11. The van der Waals surface area contributed by atoms with Crippen LogP contribution in [0.4, 0.5) is 0 Å². The molecule has 3 nitrogen and oxygen atoms in total. The summed E-state index contributed by atoms with van der Waals surface area (Å²) < 4.78 is 0. The summed E-state index contributed by atoms with van der Waals surface area (Å²) >= 11 is 0. The molecule has 0 atom stereocenters. The number of amides is 1. The van der Waals surface area contributed by atoms with Gasteiger partial charge in [-0.05, 0) is 58.8 Å². The molecule has 0 aliphatic carbocycles. The van der Waals surface area contributed by atoms with Gasteiger partial charge in [0, 0.05) is 6.42 Å². The number of carbonyl (C=O) groups is 1. The maximum atomic E-state index is 11.7. The van der Waals surface area contributed by atoms with Crippen molar-refractivity contribution in [2.75, 3.05) is 6.61 Å². The largest absolute Gasteiger partial charge is 0.394 e. The monoisotopic (exact) mass is 375 g/mol. The van der Waals surface area contributed by atoms with Gasteiger partial charge in [-0.1, -0.05) is 68.4 Å². The molecule has 0 unspecified atom stereocenters. The van der Waals surface area contributed by atoms with E-state index in [0.29, 0.717) is 6.42 Å². The van der Waals surface area contributed by atoms with Gasteiger partial charge in [-0.15, -0.1) is 0 Å². The fourth-order valence-electron chi connectivity index (χ4n) is 2.42. The van der Waals surface area contributed by atoms with Crippen LogP contribution in [0.15, 0.2) is 48.6 Å². The van der Waals surface area contributed by atoms with Crippen molar-refractivity contribution in [1.82, 2.24) is 5.32 Å². The van der Waals surface area contributed by atoms with Crippen LogP contribution in [0, 0.1) is 0 Å². The Bertz CT molecular complexity index is 473. The van der Waals surface area contributed by atoms with Gasteiger partial charge in [0.15, 0.2) is 0 Å². The SMILES string of the molecule is CCCCC/C=C\C/C=C\C/C=C\C/C=C\CCCC(=O)NC(C)(C)CO. The maximum Gasteiger partial charge on any atom is 0.220 e. The molecule has 0 spiro atoms. The molecule has 0 rings (SSSR count). The van der Waals surface area contributed by atoms with E-state index in [2.05, 4.69) is 60.8 Å². The summed E-state index contributed by atoms with van der Waals surface area (Å²) in [5.41, 5.74) is -0.531. The van der Waals surface area contributed by atoms with E-state index in [1.165, 1.54) is 25.7 Å². The second kappa shape index (κ2) is 17.8. The zero-order valence-corrected chi connectivity index (χ0v) is 17.8. The predicted octanol–water partition coefficient (Wildman–Crippen LogP) is 6.02. The number of hydrogen-bond acceptors (Lipinski definition) is 2. The van der Waals surface area contributed by atoms with Gasteiger partial charge >= 0.3 is 0 Å². The molecule has 0 aliphatic heterocycles. The third-order valence-corrected chi connectivity index (χ3v) is 4.11. The summed E-state index contributed by atoms with van der Waals surface area (Å²) in [6.45, 7) is 5.82. The Labute approximate surface area is 167 Å². The highest BCUT2D eigenvalue weighted by atomic mass is 16.3. The smallest absolute Gasteiger partial charge is 0.220 e. The van der Waals surface area contributed by atoms with E-state index < -0.39 is 5.54 Å². The molecule has 0 aliphatic rings. The lowest BCUT2D eigenvalue weighted by molar-refractivity contribution is -0.123. The maximum absolute atomic E-state index is 11.7. The highest BCUT2D eigenvalue weighted by Crippen LogP contribution is 2.04. The molecule has 3 heteroatoms. The molecular formula is C24H41NO2. The first-order valence-electron chi connectivity index (χ1n) is 10.5. The first-order chi connectivity index (χ1) is 13.0. The van der Waals surface area contributed by atoms with Crippen LogP contribution in [0.5, 0.6) is 0 Å². The molecule has 0 aromatic rings. The number of allylic oxidation sites excluding steroid dienone is 8. The lowest BCUT2D eigenvalue weighted by Crippen LogP contribution is -2.46. The Hall–Kier alpha value is -1.61. The summed E-state index contributed by atoms with van der Waals surface area (Å²) in [5.74, 6) is 0.00457. The van der Waals surface area contributed by atoms with Gasteiger partial charge in [0.25, 0.3) is 0 Å². The highest BCUT2D eigenvalue weighted by Gasteiger charge is 2.18. The van der Waals surface area contributed by atoms with E-state index in [1.807, 2.05) is 13.8 Å². The van der Waals surface area contributed by atoms with Gasteiger partial charge in [0.1, 0.15) is 0 Å². The van der Waals surface area contributed by atoms with Crippen molar-refractivity contribution in [3.05, 3.63) is 48.6 Å². The minimum absolute atomic E-state index is 0.00457. The van der Waals surface area contributed by atoms with E-state index in [-0.39, 0.29) is 12.5 Å². The van der Waals surface area contributed by atoms with E-state index >= 15 is 0 Å². The molecule has 1 amide bonds. The van der Waals surface area contributed by atoms with Crippen molar-refractivity contribution in [3.8, 4) is 0 Å². The van der Waals surface area contributed by atoms with Crippen molar-refractivity contribution in [2.45, 2.75) is 90.5 Å². The quantitative estimate of drug-likeness (QED) is 0.256. The van der Waals surface area contributed by atoms with Crippen LogP contribution in [0.3, 0.4) is 0 Å². The fraction of sp³-hybridized carbons (Fsp3) is 0.625. The zero-order valence-electron chi connectivity index (χ0n) is 17.8. The number of nitrogens with one attached hydrogen (secondary N) is 1. The van der Waals surface area contributed by atoms with Crippen LogP contribution in [0.2, 0.25) is 0 Å². The Morgan fingerprint density at radius 3 is 1.78 bits per heavy atom. The molecular weight excluding hydrogens is 334 g/mol. The third kappa shape index (κ3) is 19.0. The predicted molar refractivity (Wildman–Crippen MR) is 118 cm³/mol. The first-order valence-corrected chi connectivity index (χ1v) is 10.5. The summed E-state index contributed by atoms with van der Waals surface area (Å²) in [6.07, 6.45) is 28.0. The van der Waals surface area contributed by atoms with Gasteiger partial charge in [-0.3, -0.25) is 4.79 Å². The van der Waals surface area contributed by atoms with Gasteiger partial charge < -0.3 is 10.4 Å². The lowest BCUT2D eigenvalue weighted by atomic mass is 10.1. The number of carbonyl (C=O) groups excluding carboxylic acids is 1. The van der Waals surface area contributed by atoms with E-state index in [4.69, 9.17) is 5.11 Å². The zero-order chi connectivity index (χ0) is 20.2. The number of rotatable bonds is 16. The average Bonchev–Trinajstić information content (AvgIpc) is 2.64. The van der Waals surface area contributed by atoms with Crippen molar-refractivity contribution in [3.63, 3.8) is 0 Å². The summed E-state index contributed by atoms with van der Waals surface area (Å²) in [5, 5.41) is 11.9. The molecule has 0 saturated heterocycles. The normalized spacial score (nSPS) is 12.9. The standard InChI is InChI=1S/C24H41NO2/c1-4-5-6-7-8-9-10-11-12-13-14-15-16-17-18-19-20-21-23(27)25-24(2,3)22-26/h8-9,11-12,14-15,17-18,26H,4-7,10,13,16,19-22H2,1-3H3,(H,25,27)/b9-8-,12-11-,15-14-,18-17-. The van der Waals surface area contributed by atoms with E-state index in [0.717, 1.165) is 32.1 Å². The van der Waals surface area contributed by atoms with Crippen LogP contribution in [0.1, 0.15) is 85.0 Å². The van der Waals surface area contributed by atoms with Crippen molar-refractivity contribution in [2.24, 2.45) is 0 Å². The number of unbranched alkanes of at least 4 members (excludes halogenated alkanes) is 4. The number of aliphatic hydroxyl groups excluding tert-OH is 1. The number of hydrogen-bond donors (Lipinski definition) is 2. The molecule has 2 N–H and O–H groups in total. The Kier molecular flexibility index (Phi) is 16.7. The topological polar surface area (TPSA) is 49.3 Å². The van der Waals surface area contributed by atoms with Crippen molar-refractivity contribution >= 4 is 5.91 Å². The molecule has 0 heterocycles. The molecule has 0 aromatic heterocycles. The molecule has 0 bridgehead atoms. The van der Waals surface area contributed by atoms with E-state index in [9.17, 15) is 4.79 Å². The number of aliphatic hydroxyl groups is 1. The molecule has 27 heavy (non-hydrogen) atoms. The Morgan fingerprint density at radius 1 is 0.815 bits per heavy atom. The summed E-state index contributed by atoms with van der Waals surface area (Å²) in [6, 6.07) is 0. The van der Waals surface area contributed by atoms with Crippen molar-refractivity contribution < 1.29 is 9.90 Å². The highest BCUT2D eigenvalue weighted by molar-refractivity contribution is 5.76. The van der Waals surface area contributed by atoms with Gasteiger partial charge in [-0.25, -0.2) is 0 Å². The van der Waals surface area contributed by atoms with Crippen molar-refractivity contribution in [1.29, 1.82) is 0 Å². The molecule has 0 aromatic carbocycles. The first kappa shape index (κ1) is 25.4. The molecule has 0 saturated carbocycles. The van der Waals surface area contributed by atoms with Crippen LogP contribution in [-0.4, -0.2) is 23.2 Å². The Balaban J connectivity index is 3.57. The van der Waals surface area contributed by atoms with E-state index in [1.54, 1.807) is 0 Å². The fourth-order valence-corrected chi connectivity index (χ4v) is 2.42. The minimum Gasteiger partial charge on any atom is -0.394 e. The van der Waals surface area contributed by atoms with Gasteiger partial charge in [0.05, 0.1) is 12.1 Å². The second-order valence-corrected chi connectivity index (χ2v) is 7.57. The summed E-state index contributed by atoms with van der Waals surface area (Å²) in [7, 11) is 0. The average molecular weight is 376 g/mol. The lowest BCUT2D eigenvalue weighted by Gasteiger charge is -2.23. The van der Waals surface area contributed by atoms with Crippen LogP contribution >= 0.6 is 0 Å². The minimum atomic E-state index is -0.531. The molecule has 0 radical (unpaired) electrons. The summed E-state index contributed by atoms with van der Waals surface area (Å²) in [4.78, 5) is 11.7. The van der Waals surface area contributed by atoms with Crippen LogP contribution < -0.4 is 5.32 Å². The van der Waals surface area contributed by atoms with Crippen LogP contribution in [-0.2, 0) is 4.79 Å². The second-order valence-electron chi connectivity index (χ2n) is 7.57. The molecule has 0 fully saturated rings. The van der Waals surface area contributed by atoms with Gasteiger partial charge in [0.2, 0.25) is 5.91 Å². The van der Waals surface area contributed by atoms with Gasteiger partial charge in [-0.2, -0.15) is 0 Å². The molecule has 154 valence electrons. The van der Waals surface area contributed by atoms with Crippen LogP contribution in [0.25, 0.3) is 0 Å².